The molecule has 0 atom stereocenters. The maximum atomic E-state index is 12.7. The van der Waals surface area contributed by atoms with Crippen LogP contribution in [0.5, 0.6) is 0 Å². The molecule has 0 saturated heterocycles. The van der Waals surface area contributed by atoms with Crippen LogP contribution in [0.3, 0.4) is 0 Å². The lowest BCUT2D eigenvalue weighted by Crippen LogP contribution is -2.15. The number of carbonyl (C=O) groups excluding carboxylic acids is 1. The van der Waals surface area contributed by atoms with Gasteiger partial charge in [-0.1, -0.05) is 36.4 Å². The Balaban J connectivity index is 2.53. The van der Waals surface area contributed by atoms with Gasteiger partial charge in [-0.15, -0.1) is 0 Å². The predicted molar refractivity (Wildman–Crippen MR) is 83.8 cm³/mol. The molecule has 0 saturated carbocycles. The number of nitrogens with one attached hydrogen (secondary N) is 1. The van der Waals surface area contributed by atoms with E-state index >= 15 is 0 Å². The number of rotatable bonds is 3. The summed E-state index contributed by atoms with van der Waals surface area (Å²) in [7, 11) is 1.50. The molecular formula is C18H16F3NO. The van der Waals surface area contributed by atoms with Crippen LogP contribution in [0, 0.1) is 6.92 Å². The third kappa shape index (κ3) is 4.00. The first-order chi connectivity index (χ1) is 10.8. The Bertz CT molecular complexity index is 731. The smallest absolute Gasteiger partial charge is 0.356 e. The SMILES string of the molecule is CNC(=O)/C=C(/c1ccc(C(F)(F)F)cc1)c1ccccc1C. The molecule has 0 aromatic heterocycles. The average molecular weight is 319 g/mol. The van der Waals surface area contributed by atoms with Crippen molar-refractivity contribution in [2.24, 2.45) is 0 Å². The quantitative estimate of drug-likeness (QED) is 0.845. The second-order valence-electron chi connectivity index (χ2n) is 5.06. The third-order valence-corrected chi connectivity index (χ3v) is 3.48. The van der Waals surface area contributed by atoms with Gasteiger partial charge in [0, 0.05) is 13.1 Å². The van der Waals surface area contributed by atoms with Crippen molar-refractivity contribution in [2.45, 2.75) is 13.1 Å². The van der Waals surface area contributed by atoms with E-state index in [4.69, 9.17) is 0 Å². The van der Waals surface area contributed by atoms with Crippen molar-refractivity contribution in [2.75, 3.05) is 7.05 Å². The van der Waals surface area contributed by atoms with Crippen molar-refractivity contribution in [3.05, 3.63) is 76.9 Å². The fourth-order valence-corrected chi connectivity index (χ4v) is 2.23. The normalized spacial score (nSPS) is 12.1. The van der Waals surface area contributed by atoms with E-state index in [0.717, 1.165) is 23.3 Å². The van der Waals surface area contributed by atoms with Gasteiger partial charge in [-0.25, -0.2) is 0 Å². The average Bonchev–Trinajstić information content (AvgIpc) is 2.52. The van der Waals surface area contributed by atoms with Crippen LogP contribution in [-0.2, 0) is 11.0 Å². The summed E-state index contributed by atoms with van der Waals surface area (Å²) in [5.74, 6) is -0.317. The van der Waals surface area contributed by atoms with Gasteiger partial charge >= 0.3 is 6.18 Å². The monoisotopic (exact) mass is 319 g/mol. The van der Waals surface area contributed by atoms with Crippen molar-refractivity contribution < 1.29 is 18.0 Å². The zero-order chi connectivity index (χ0) is 17.0. The molecule has 2 rings (SSSR count). The van der Waals surface area contributed by atoms with Crippen molar-refractivity contribution in [3.8, 4) is 0 Å². The number of likely N-dealkylation sites (N-methyl/N-ethyl adjacent to an activating group) is 1. The molecule has 23 heavy (non-hydrogen) atoms. The molecule has 0 heterocycles. The molecule has 2 aromatic rings. The van der Waals surface area contributed by atoms with E-state index in [0.29, 0.717) is 11.1 Å². The van der Waals surface area contributed by atoms with Gasteiger partial charge in [-0.2, -0.15) is 13.2 Å². The highest BCUT2D eigenvalue weighted by atomic mass is 19.4. The highest BCUT2D eigenvalue weighted by Gasteiger charge is 2.30. The van der Waals surface area contributed by atoms with Gasteiger partial charge in [-0.05, 0) is 41.3 Å². The molecule has 0 spiro atoms. The molecule has 0 fully saturated rings. The van der Waals surface area contributed by atoms with Gasteiger partial charge in [0.25, 0.3) is 0 Å². The maximum Gasteiger partial charge on any atom is 0.416 e. The molecule has 1 N–H and O–H groups in total. The number of halogens is 3. The molecule has 0 radical (unpaired) electrons. The summed E-state index contributed by atoms with van der Waals surface area (Å²) in [6, 6.07) is 12.2. The lowest BCUT2D eigenvalue weighted by atomic mass is 9.93. The summed E-state index contributed by atoms with van der Waals surface area (Å²) < 4.78 is 38.1. The molecule has 0 aliphatic rings. The highest BCUT2D eigenvalue weighted by Crippen LogP contribution is 2.32. The topological polar surface area (TPSA) is 29.1 Å². The summed E-state index contributed by atoms with van der Waals surface area (Å²) in [5, 5.41) is 2.49. The van der Waals surface area contributed by atoms with Gasteiger partial charge in [0.15, 0.2) is 0 Å². The van der Waals surface area contributed by atoms with Gasteiger partial charge in [0.2, 0.25) is 5.91 Å². The fraction of sp³-hybridized carbons (Fsp3) is 0.167. The van der Waals surface area contributed by atoms with Crippen LogP contribution in [0.15, 0.2) is 54.6 Å². The Morgan fingerprint density at radius 3 is 2.17 bits per heavy atom. The van der Waals surface area contributed by atoms with E-state index in [1.54, 1.807) is 0 Å². The lowest BCUT2D eigenvalue weighted by Gasteiger charge is -2.13. The summed E-state index contributed by atoms with van der Waals surface area (Å²) in [6.07, 6.45) is -2.99. The number of carbonyl (C=O) groups is 1. The first-order valence-electron chi connectivity index (χ1n) is 7.00. The zero-order valence-electron chi connectivity index (χ0n) is 12.7. The van der Waals surface area contributed by atoms with E-state index in [1.165, 1.54) is 25.3 Å². The number of aryl methyl sites for hydroxylation is 1. The number of amides is 1. The number of hydrogen-bond donors (Lipinski definition) is 1. The van der Waals surface area contributed by atoms with Gasteiger partial charge < -0.3 is 5.32 Å². The molecule has 0 aliphatic carbocycles. The minimum Gasteiger partial charge on any atom is -0.356 e. The van der Waals surface area contributed by atoms with Crippen LogP contribution < -0.4 is 5.32 Å². The maximum absolute atomic E-state index is 12.7. The molecule has 5 heteroatoms. The van der Waals surface area contributed by atoms with Gasteiger partial charge in [0.05, 0.1) is 5.56 Å². The first kappa shape index (κ1) is 16.8. The Morgan fingerprint density at radius 2 is 1.65 bits per heavy atom. The van der Waals surface area contributed by atoms with E-state index < -0.39 is 11.7 Å². The van der Waals surface area contributed by atoms with Crippen LogP contribution >= 0.6 is 0 Å². The Hall–Kier alpha value is -2.56. The van der Waals surface area contributed by atoms with E-state index in [1.807, 2.05) is 31.2 Å². The molecule has 120 valence electrons. The molecule has 0 bridgehead atoms. The summed E-state index contributed by atoms with van der Waals surface area (Å²) in [6.45, 7) is 1.89. The van der Waals surface area contributed by atoms with Crippen molar-refractivity contribution in [1.29, 1.82) is 0 Å². The second-order valence-corrected chi connectivity index (χ2v) is 5.06. The summed E-state index contributed by atoms with van der Waals surface area (Å²) >= 11 is 0. The summed E-state index contributed by atoms with van der Waals surface area (Å²) in [5.41, 5.74) is 2.15. The van der Waals surface area contributed by atoms with E-state index in [9.17, 15) is 18.0 Å². The van der Waals surface area contributed by atoms with Crippen molar-refractivity contribution in [3.63, 3.8) is 0 Å². The minimum atomic E-state index is -4.38. The van der Waals surface area contributed by atoms with E-state index in [-0.39, 0.29) is 5.91 Å². The number of benzene rings is 2. The minimum absolute atomic E-state index is 0.317. The van der Waals surface area contributed by atoms with Gasteiger partial charge in [-0.3, -0.25) is 4.79 Å². The van der Waals surface area contributed by atoms with Gasteiger partial charge in [0.1, 0.15) is 0 Å². The molecular weight excluding hydrogens is 303 g/mol. The van der Waals surface area contributed by atoms with Crippen LogP contribution in [0.2, 0.25) is 0 Å². The van der Waals surface area contributed by atoms with Crippen LogP contribution in [0.4, 0.5) is 13.2 Å². The number of alkyl halides is 3. The predicted octanol–water partition coefficient (Wildman–Crippen LogP) is 4.19. The zero-order valence-corrected chi connectivity index (χ0v) is 12.7. The van der Waals surface area contributed by atoms with Crippen LogP contribution in [0.25, 0.3) is 5.57 Å². The van der Waals surface area contributed by atoms with Crippen molar-refractivity contribution >= 4 is 11.5 Å². The largest absolute Gasteiger partial charge is 0.416 e. The fourth-order valence-electron chi connectivity index (χ4n) is 2.23. The van der Waals surface area contributed by atoms with E-state index in [2.05, 4.69) is 5.32 Å². The third-order valence-electron chi connectivity index (χ3n) is 3.48. The molecule has 0 unspecified atom stereocenters. The molecule has 1 amide bonds. The number of hydrogen-bond acceptors (Lipinski definition) is 1. The second kappa shape index (κ2) is 6.69. The van der Waals surface area contributed by atoms with Crippen molar-refractivity contribution in [1.82, 2.24) is 5.32 Å². The Labute approximate surface area is 132 Å². The van der Waals surface area contributed by atoms with Crippen LogP contribution in [0.1, 0.15) is 22.3 Å². The first-order valence-corrected chi connectivity index (χ1v) is 7.00. The molecule has 0 aliphatic heterocycles. The molecule has 2 nitrogen and oxygen atoms in total. The lowest BCUT2D eigenvalue weighted by molar-refractivity contribution is -0.137. The Kier molecular flexibility index (Phi) is 4.89. The Morgan fingerprint density at radius 1 is 1.04 bits per heavy atom. The highest BCUT2D eigenvalue weighted by molar-refractivity contribution is 5.99. The standard InChI is InChI=1S/C18H16F3NO/c1-12-5-3-4-6-15(12)16(11-17(23)22-2)13-7-9-14(10-8-13)18(19,20)21/h3-11H,1-2H3,(H,22,23)/b16-11-. The molecule has 2 aromatic carbocycles. The summed E-state index contributed by atoms with van der Waals surface area (Å²) in [4.78, 5) is 11.7. The van der Waals surface area contributed by atoms with Crippen LogP contribution in [-0.4, -0.2) is 13.0 Å².